The van der Waals surface area contributed by atoms with Crippen molar-refractivity contribution in [3.8, 4) is 11.3 Å². The first-order valence-electron chi connectivity index (χ1n) is 10.1. The van der Waals surface area contributed by atoms with Gasteiger partial charge in [0.1, 0.15) is 23.4 Å². The van der Waals surface area contributed by atoms with E-state index in [1.165, 1.54) is 6.07 Å². The summed E-state index contributed by atoms with van der Waals surface area (Å²) < 4.78 is 21.1. The second kappa shape index (κ2) is 8.37. The van der Waals surface area contributed by atoms with Gasteiger partial charge in [0.25, 0.3) is 0 Å². The predicted octanol–water partition coefficient (Wildman–Crippen LogP) is 6.62. The first kappa shape index (κ1) is 20.7. The van der Waals surface area contributed by atoms with Gasteiger partial charge in [-0.25, -0.2) is 4.39 Å². The minimum absolute atomic E-state index is 0.316. The maximum Gasteiger partial charge on any atom is 0.174 e. The lowest BCUT2D eigenvalue weighted by atomic mass is 10.0. The van der Waals surface area contributed by atoms with E-state index in [2.05, 4.69) is 10.3 Å². The van der Waals surface area contributed by atoms with Crippen molar-refractivity contribution in [2.45, 2.75) is 19.0 Å². The summed E-state index contributed by atoms with van der Waals surface area (Å²) in [6, 6.07) is 21.1. The third kappa shape index (κ3) is 3.66. The van der Waals surface area contributed by atoms with Gasteiger partial charge in [-0.1, -0.05) is 41.9 Å². The van der Waals surface area contributed by atoms with Gasteiger partial charge in [-0.15, -0.1) is 0 Å². The van der Waals surface area contributed by atoms with Crippen LogP contribution in [0, 0.1) is 12.7 Å². The van der Waals surface area contributed by atoms with Crippen molar-refractivity contribution < 1.29 is 8.81 Å². The van der Waals surface area contributed by atoms with E-state index in [-0.39, 0.29) is 11.9 Å². The molecule has 4 nitrogen and oxygen atoms in total. The number of aromatic nitrogens is 1. The first-order chi connectivity index (χ1) is 15.5. The standard InChI is InChI=1S/C25H19ClFN3OS/c1-15-9-10-16(14-17(15)26)21-11-12-22(31-21)24-23(19-7-4-5-13-28-19)29-25(32)30(24)20-8-3-2-6-18(20)27/h2-14,23-24H,1H3,(H,29,32). The molecule has 1 saturated heterocycles. The minimum Gasteiger partial charge on any atom is -0.459 e. The Morgan fingerprint density at radius 3 is 2.62 bits per heavy atom. The molecule has 0 aliphatic carbocycles. The van der Waals surface area contributed by atoms with E-state index in [4.69, 9.17) is 28.2 Å². The van der Waals surface area contributed by atoms with E-state index in [9.17, 15) is 4.39 Å². The van der Waals surface area contributed by atoms with Gasteiger partial charge in [-0.3, -0.25) is 4.98 Å². The van der Waals surface area contributed by atoms with Gasteiger partial charge in [0.15, 0.2) is 5.11 Å². The van der Waals surface area contributed by atoms with Crippen molar-refractivity contribution in [2.75, 3.05) is 4.90 Å². The molecule has 5 rings (SSSR count). The molecule has 1 fully saturated rings. The maximum absolute atomic E-state index is 14.8. The zero-order chi connectivity index (χ0) is 22.2. The predicted molar refractivity (Wildman–Crippen MR) is 128 cm³/mol. The molecule has 2 aromatic carbocycles. The molecule has 2 aromatic heterocycles. The Kier molecular flexibility index (Phi) is 5.41. The van der Waals surface area contributed by atoms with E-state index in [1.807, 2.05) is 55.5 Å². The molecular formula is C25H19ClFN3OS. The Morgan fingerprint density at radius 1 is 1.06 bits per heavy atom. The Bertz CT molecular complexity index is 1290. The van der Waals surface area contributed by atoms with Crippen LogP contribution in [0.25, 0.3) is 11.3 Å². The maximum atomic E-state index is 14.8. The van der Waals surface area contributed by atoms with Crippen LogP contribution in [0.1, 0.15) is 29.1 Å². The van der Waals surface area contributed by atoms with Crippen molar-refractivity contribution >= 4 is 34.6 Å². The lowest BCUT2D eigenvalue weighted by Gasteiger charge is -2.26. The number of nitrogens with one attached hydrogen (secondary N) is 1. The second-order valence-electron chi connectivity index (χ2n) is 7.61. The highest BCUT2D eigenvalue weighted by molar-refractivity contribution is 7.80. The molecule has 7 heteroatoms. The summed E-state index contributed by atoms with van der Waals surface area (Å²) in [5, 5.41) is 4.39. The summed E-state index contributed by atoms with van der Waals surface area (Å²) >= 11 is 11.9. The number of hydrogen-bond donors (Lipinski definition) is 1. The summed E-state index contributed by atoms with van der Waals surface area (Å²) in [6.07, 6.45) is 1.73. The summed E-state index contributed by atoms with van der Waals surface area (Å²) in [5.41, 5.74) is 3.03. The number of para-hydroxylation sites is 1. The molecule has 1 aliphatic heterocycles. The van der Waals surface area contributed by atoms with Crippen LogP contribution in [0.3, 0.4) is 0 Å². The van der Waals surface area contributed by atoms with Gasteiger partial charge < -0.3 is 14.6 Å². The number of benzene rings is 2. The average molecular weight is 464 g/mol. The van der Waals surface area contributed by atoms with Crippen LogP contribution >= 0.6 is 23.8 Å². The summed E-state index contributed by atoms with van der Waals surface area (Å²) in [5.74, 6) is 0.955. The fourth-order valence-corrected chi connectivity index (χ4v) is 4.48. The number of rotatable bonds is 4. The van der Waals surface area contributed by atoms with Crippen LogP contribution in [-0.4, -0.2) is 10.1 Å². The van der Waals surface area contributed by atoms with Crippen LogP contribution in [0.15, 0.2) is 83.4 Å². The van der Waals surface area contributed by atoms with Crippen molar-refractivity contribution in [3.63, 3.8) is 0 Å². The van der Waals surface area contributed by atoms with Crippen molar-refractivity contribution in [1.82, 2.24) is 10.3 Å². The molecule has 0 spiro atoms. The highest BCUT2D eigenvalue weighted by atomic mass is 35.5. The molecule has 160 valence electrons. The summed E-state index contributed by atoms with van der Waals surface area (Å²) in [6.45, 7) is 1.95. The highest BCUT2D eigenvalue weighted by Crippen LogP contribution is 2.43. The molecule has 4 aromatic rings. The number of halogens is 2. The Hall–Kier alpha value is -3.22. The second-order valence-corrected chi connectivity index (χ2v) is 8.41. The largest absolute Gasteiger partial charge is 0.459 e. The number of nitrogens with zero attached hydrogens (tertiary/aromatic N) is 2. The Morgan fingerprint density at radius 2 is 1.88 bits per heavy atom. The SMILES string of the molecule is Cc1ccc(-c2ccc(C3C(c4ccccn4)NC(=S)N3c3ccccc3F)o2)cc1Cl. The molecule has 2 unspecified atom stereocenters. The first-order valence-corrected chi connectivity index (χ1v) is 10.9. The van der Waals surface area contributed by atoms with E-state index in [0.717, 1.165) is 16.8 Å². The van der Waals surface area contributed by atoms with Crippen molar-refractivity contribution in [1.29, 1.82) is 0 Å². The highest BCUT2D eigenvalue weighted by Gasteiger charge is 2.43. The normalized spacial score (nSPS) is 18.1. The molecule has 3 heterocycles. The third-order valence-electron chi connectivity index (χ3n) is 5.58. The third-order valence-corrected chi connectivity index (χ3v) is 6.31. The van der Waals surface area contributed by atoms with Crippen molar-refractivity contribution in [3.05, 3.63) is 107 Å². The van der Waals surface area contributed by atoms with Crippen LogP contribution in [0.5, 0.6) is 0 Å². The van der Waals surface area contributed by atoms with Crippen LogP contribution in [0.4, 0.5) is 10.1 Å². The fraction of sp³-hybridized carbons (Fsp3) is 0.120. The smallest absolute Gasteiger partial charge is 0.174 e. The van der Waals surface area contributed by atoms with Crippen LogP contribution < -0.4 is 10.2 Å². The van der Waals surface area contributed by atoms with Gasteiger partial charge in [-0.05, 0) is 67.2 Å². The van der Waals surface area contributed by atoms with Gasteiger partial charge in [-0.2, -0.15) is 0 Å². The molecule has 1 N–H and O–H groups in total. The lowest BCUT2D eigenvalue weighted by Crippen LogP contribution is -2.30. The average Bonchev–Trinajstić information content (AvgIpc) is 3.41. The van der Waals surface area contributed by atoms with Crippen LogP contribution in [-0.2, 0) is 0 Å². The minimum atomic E-state index is -0.427. The number of thiocarbonyl (C=S) groups is 1. The van der Waals surface area contributed by atoms with Gasteiger partial charge >= 0.3 is 0 Å². The number of aryl methyl sites for hydroxylation is 1. The zero-order valence-electron chi connectivity index (χ0n) is 17.1. The zero-order valence-corrected chi connectivity index (χ0v) is 18.7. The fourth-order valence-electron chi connectivity index (χ4n) is 3.96. The molecule has 0 amide bonds. The molecule has 0 saturated carbocycles. The number of pyridine rings is 1. The Labute approximate surface area is 195 Å². The van der Waals surface area contributed by atoms with Gasteiger partial charge in [0, 0.05) is 16.8 Å². The summed E-state index contributed by atoms with van der Waals surface area (Å²) in [4.78, 5) is 6.26. The monoisotopic (exact) mass is 463 g/mol. The molecular weight excluding hydrogens is 445 g/mol. The quantitative estimate of drug-likeness (QED) is 0.344. The lowest BCUT2D eigenvalue weighted by molar-refractivity contribution is 0.438. The van der Waals surface area contributed by atoms with E-state index in [0.29, 0.717) is 27.3 Å². The van der Waals surface area contributed by atoms with Crippen LogP contribution in [0.2, 0.25) is 5.02 Å². The summed E-state index contributed by atoms with van der Waals surface area (Å²) in [7, 11) is 0. The van der Waals surface area contributed by atoms with Crippen molar-refractivity contribution in [2.24, 2.45) is 0 Å². The number of furan rings is 1. The molecule has 1 aliphatic rings. The van der Waals surface area contributed by atoms with Gasteiger partial charge in [0.05, 0.1) is 17.4 Å². The topological polar surface area (TPSA) is 41.3 Å². The van der Waals surface area contributed by atoms with E-state index < -0.39 is 6.04 Å². The Balaban J connectivity index is 1.61. The molecule has 0 radical (unpaired) electrons. The molecule has 32 heavy (non-hydrogen) atoms. The number of hydrogen-bond acceptors (Lipinski definition) is 3. The molecule has 0 bridgehead atoms. The van der Waals surface area contributed by atoms with E-state index in [1.54, 1.807) is 29.3 Å². The molecule has 2 atom stereocenters. The number of anilines is 1. The van der Waals surface area contributed by atoms with E-state index >= 15 is 0 Å². The van der Waals surface area contributed by atoms with Gasteiger partial charge in [0.2, 0.25) is 0 Å².